The Morgan fingerprint density at radius 2 is 1.68 bits per heavy atom. The van der Waals surface area contributed by atoms with Crippen LogP contribution in [0.15, 0.2) is 63.2 Å². The standard InChI is InChI=1S/C16H10N4O5/c17-16(23)19(9-4-2-1-3-5-9)18-13-14(21)11-7-6-10(20(24)25)8-12(11)15(13)22/h1-8H,(H2,17,23)/b18-13-. The van der Waals surface area contributed by atoms with Crippen LogP contribution < -0.4 is 27.0 Å². The largest absolute Gasteiger partial charge is 0.350 e. The van der Waals surface area contributed by atoms with Gasteiger partial charge in [-0.1, -0.05) is 18.2 Å². The second kappa shape index (κ2) is 5.96. The van der Waals surface area contributed by atoms with E-state index in [4.69, 9.17) is 5.73 Å². The molecule has 0 spiro atoms. The maximum Gasteiger partial charge on any atom is 0.340 e. The number of nitro groups is 1. The molecule has 0 aliphatic heterocycles. The quantitative estimate of drug-likeness (QED) is 0.555. The van der Waals surface area contributed by atoms with E-state index in [9.17, 15) is 24.5 Å². The number of anilines is 1. The molecule has 3 rings (SSSR count). The highest BCUT2D eigenvalue weighted by atomic mass is 16.6. The highest BCUT2D eigenvalue weighted by molar-refractivity contribution is 5.90. The highest BCUT2D eigenvalue weighted by Crippen LogP contribution is 2.16. The predicted molar refractivity (Wildman–Crippen MR) is 89.6 cm³/mol. The average Bonchev–Trinajstić information content (AvgIpc) is 2.84. The van der Waals surface area contributed by atoms with Crippen LogP contribution in [0.1, 0.15) is 0 Å². The molecular weight excluding hydrogens is 328 g/mol. The highest BCUT2D eigenvalue weighted by Gasteiger charge is 2.18. The number of benzene rings is 2. The molecule has 3 aromatic rings. The van der Waals surface area contributed by atoms with Gasteiger partial charge in [-0.05, 0) is 18.2 Å². The van der Waals surface area contributed by atoms with Gasteiger partial charge < -0.3 is 5.73 Å². The molecule has 0 fully saturated rings. The molecule has 0 aromatic heterocycles. The third-order valence-corrected chi connectivity index (χ3v) is 3.54. The van der Waals surface area contributed by atoms with Gasteiger partial charge in [0.2, 0.25) is 10.9 Å². The Morgan fingerprint density at radius 3 is 2.28 bits per heavy atom. The van der Waals surface area contributed by atoms with Crippen LogP contribution >= 0.6 is 0 Å². The van der Waals surface area contributed by atoms with Crippen molar-refractivity contribution in [1.29, 1.82) is 0 Å². The first-order valence-electron chi connectivity index (χ1n) is 7.01. The van der Waals surface area contributed by atoms with Crippen LogP contribution in [0.2, 0.25) is 0 Å². The van der Waals surface area contributed by atoms with Crippen LogP contribution in [0.5, 0.6) is 0 Å². The Kier molecular flexibility index (Phi) is 3.82. The minimum atomic E-state index is -0.985. The lowest BCUT2D eigenvalue weighted by Gasteiger charge is -2.12. The van der Waals surface area contributed by atoms with Crippen molar-refractivity contribution >= 4 is 28.2 Å². The van der Waals surface area contributed by atoms with E-state index >= 15 is 0 Å². The number of amides is 2. The van der Waals surface area contributed by atoms with E-state index in [1.54, 1.807) is 18.2 Å². The van der Waals surface area contributed by atoms with Gasteiger partial charge in [0.1, 0.15) is 0 Å². The van der Waals surface area contributed by atoms with Gasteiger partial charge in [0.05, 0.1) is 10.6 Å². The lowest BCUT2D eigenvalue weighted by molar-refractivity contribution is -0.384. The van der Waals surface area contributed by atoms with Gasteiger partial charge >= 0.3 is 6.03 Å². The number of carbonyl (C=O) groups is 1. The molecule has 0 aliphatic rings. The van der Waals surface area contributed by atoms with Crippen LogP contribution in [0.3, 0.4) is 0 Å². The predicted octanol–water partition coefficient (Wildman–Crippen LogP) is 0.745. The minimum absolute atomic E-state index is 0.00756. The zero-order chi connectivity index (χ0) is 18.1. The molecule has 0 unspecified atom stereocenters. The van der Waals surface area contributed by atoms with E-state index in [0.29, 0.717) is 0 Å². The first kappa shape index (κ1) is 16.0. The Labute approximate surface area is 139 Å². The molecule has 9 heteroatoms. The summed E-state index contributed by atoms with van der Waals surface area (Å²) >= 11 is 0. The van der Waals surface area contributed by atoms with Crippen molar-refractivity contribution in [2.45, 2.75) is 0 Å². The fourth-order valence-corrected chi connectivity index (χ4v) is 2.38. The summed E-state index contributed by atoms with van der Waals surface area (Å²) in [6.07, 6.45) is 0. The lowest BCUT2D eigenvalue weighted by atomic mass is 10.2. The third kappa shape index (κ3) is 2.74. The van der Waals surface area contributed by atoms with Gasteiger partial charge in [0.15, 0.2) is 5.36 Å². The molecule has 2 amide bonds. The van der Waals surface area contributed by atoms with Gasteiger partial charge in [-0.25, -0.2) is 4.79 Å². The van der Waals surface area contributed by atoms with Crippen LogP contribution in [0.4, 0.5) is 16.2 Å². The Bertz CT molecular complexity index is 1150. The van der Waals surface area contributed by atoms with E-state index in [0.717, 1.165) is 17.1 Å². The molecule has 0 saturated heterocycles. The molecule has 3 aromatic carbocycles. The van der Waals surface area contributed by atoms with E-state index in [2.05, 4.69) is 5.10 Å². The molecule has 0 bridgehead atoms. The average molecular weight is 338 g/mol. The van der Waals surface area contributed by atoms with Crippen LogP contribution in [0.25, 0.3) is 10.8 Å². The molecule has 0 saturated carbocycles. The normalized spacial score (nSPS) is 11.6. The second-order valence-corrected chi connectivity index (χ2v) is 5.08. The fraction of sp³-hybridized carbons (Fsp3) is 0. The number of rotatable bonds is 3. The zero-order valence-electron chi connectivity index (χ0n) is 12.6. The number of primary amides is 1. The first-order valence-corrected chi connectivity index (χ1v) is 7.01. The summed E-state index contributed by atoms with van der Waals surface area (Å²) in [5, 5.41) is 14.7. The summed E-state index contributed by atoms with van der Waals surface area (Å²) < 4.78 is 0. The summed E-state index contributed by atoms with van der Waals surface area (Å²) in [4.78, 5) is 46.6. The second-order valence-electron chi connectivity index (χ2n) is 5.08. The topological polar surface area (TPSA) is 136 Å². The first-order chi connectivity index (χ1) is 11.9. The van der Waals surface area contributed by atoms with Gasteiger partial charge in [0, 0.05) is 22.9 Å². The molecule has 0 atom stereocenters. The summed E-state index contributed by atoms with van der Waals surface area (Å²) in [6.45, 7) is 0. The lowest BCUT2D eigenvalue weighted by Crippen LogP contribution is -2.40. The molecule has 124 valence electrons. The molecular formula is C16H10N4O5. The number of non-ortho nitro benzene ring substituents is 1. The van der Waals surface area contributed by atoms with E-state index < -0.39 is 27.2 Å². The number of nitrogens with zero attached hydrogens (tertiary/aromatic N) is 3. The van der Waals surface area contributed by atoms with Gasteiger partial charge in [-0.15, -0.1) is 0 Å². The number of hydrogen-bond acceptors (Lipinski definition) is 6. The summed E-state index contributed by atoms with van der Waals surface area (Å²) in [6, 6.07) is 10.3. The van der Waals surface area contributed by atoms with Crippen molar-refractivity contribution in [3.63, 3.8) is 0 Å². The summed E-state index contributed by atoms with van der Waals surface area (Å²) in [7, 11) is 0. The molecule has 2 N–H and O–H groups in total. The van der Waals surface area contributed by atoms with Crippen molar-refractivity contribution in [2.24, 2.45) is 10.8 Å². The van der Waals surface area contributed by atoms with Crippen LogP contribution in [0, 0.1) is 10.1 Å². The number of carbonyl (C=O) groups excluding carboxylic acids is 1. The van der Waals surface area contributed by atoms with Crippen LogP contribution in [-0.2, 0) is 0 Å². The molecule has 25 heavy (non-hydrogen) atoms. The molecule has 0 heterocycles. The van der Waals surface area contributed by atoms with Gasteiger partial charge in [0.25, 0.3) is 5.69 Å². The zero-order valence-corrected chi connectivity index (χ0v) is 12.6. The van der Waals surface area contributed by atoms with Crippen molar-refractivity contribution < 1.29 is 9.72 Å². The van der Waals surface area contributed by atoms with Crippen LogP contribution in [-0.4, -0.2) is 11.0 Å². The fourth-order valence-electron chi connectivity index (χ4n) is 2.38. The van der Waals surface area contributed by atoms with Crippen molar-refractivity contribution in [1.82, 2.24) is 0 Å². The van der Waals surface area contributed by atoms with E-state index in [1.807, 2.05) is 0 Å². The maximum absolute atomic E-state index is 12.4. The Morgan fingerprint density at radius 1 is 1.04 bits per heavy atom. The number of nitro benzene ring substituents is 1. The SMILES string of the molecule is NC(=O)N(/N=c1/c(=O)c2ccc([N+](=O)[O-])cc2c1=O)c1ccccc1. The van der Waals surface area contributed by atoms with Crippen molar-refractivity contribution in [2.75, 3.05) is 5.01 Å². The summed E-state index contributed by atoms with van der Waals surface area (Å²) in [5.74, 6) is 0. The monoisotopic (exact) mass is 338 g/mol. The van der Waals surface area contributed by atoms with Crippen molar-refractivity contribution in [3.8, 4) is 0 Å². The Balaban J connectivity index is 2.29. The van der Waals surface area contributed by atoms with Gasteiger partial charge in [-0.3, -0.25) is 19.7 Å². The smallest absolute Gasteiger partial charge is 0.340 e. The maximum atomic E-state index is 12.4. The molecule has 9 nitrogen and oxygen atoms in total. The number of urea groups is 1. The number of fused-ring (bicyclic) bond motifs is 1. The van der Waals surface area contributed by atoms with Gasteiger partial charge in [-0.2, -0.15) is 10.1 Å². The van der Waals surface area contributed by atoms with E-state index in [1.165, 1.54) is 18.2 Å². The number of para-hydroxylation sites is 1. The van der Waals surface area contributed by atoms with Crippen molar-refractivity contribution in [3.05, 3.63) is 84.4 Å². The molecule has 0 aliphatic carbocycles. The van der Waals surface area contributed by atoms with E-state index in [-0.39, 0.29) is 22.1 Å². The molecule has 0 radical (unpaired) electrons. The minimum Gasteiger partial charge on any atom is -0.350 e. The Hall–Kier alpha value is -3.88. The number of hydrogen-bond donors (Lipinski definition) is 1. The third-order valence-electron chi connectivity index (χ3n) is 3.54. The summed E-state index contributed by atoms with van der Waals surface area (Å²) in [5.41, 5.74) is 3.69. The number of nitrogens with two attached hydrogens (primary N) is 1.